The van der Waals surface area contributed by atoms with Crippen molar-refractivity contribution in [2.45, 2.75) is 6.92 Å². The van der Waals surface area contributed by atoms with Crippen molar-refractivity contribution in [1.82, 2.24) is 0 Å². The van der Waals surface area contributed by atoms with Crippen molar-refractivity contribution in [3.63, 3.8) is 0 Å². The SMILES string of the molecule is Cc1cc(Cl)ccc1OCC(=O)c1ccc(Cl)cc1. The van der Waals surface area contributed by atoms with E-state index in [9.17, 15) is 4.79 Å². The second kappa shape index (κ2) is 6.09. The van der Waals surface area contributed by atoms with Crippen molar-refractivity contribution < 1.29 is 9.53 Å². The molecule has 98 valence electrons. The number of carbonyl (C=O) groups is 1. The van der Waals surface area contributed by atoms with Crippen LogP contribution in [0, 0.1) is 6.92 Å². The van der Waals surface area contributed by atoms with E-state index in [0.717, 1.165) is 5.56 Å². The van der Waals surface area contributed by atoms with Crippen molar-refractivity contribution in [3.8, 4) is 5.75 Å². The molecule has 0 radical (unpaired) electrons. The first-order chi connectivity index (χ1) is 9.06. The Hall–Kier alpha value is -1.51. The molecule has 0 fully saturated rings. The molecule has 2 rings (SSSR count). The number of Topliss-reactive ketones (excluding diaryl/α,β-unsaturated/α-hetero) is 1. The van der Waals surface area contributed by atoms with E-state index in [2.05, 4.69) is 0 Å². The number of halogens is 2. The quantitative estimate of drug-likeness (QED) is 0.773. The van der Waals surface area contributed by atoms with Crippen molar-refractivity contribution in [2.24, 2.45) is 0 Å². The Morgan fingerprint density at radius 2 is 1.68 bits per heavy atom. The molecule has 0 aliphatic heterocycles. The maximum atomic E-state index is 11.9. The number of benzene rings is 2. The van der Waals surface area contributed by atoms with E-state index in [1.165, 1.54) is 0 Å². The Morgan fingerprint density at radius 3 is 2.32 bits per heavy atom. The van der Waals surface area contributed by atoms with Crippen LogP contribution in [0.2, 0.25) is 10.0 Å². The van der Waals surface area contributed by atoms with E-state index in [-0.39, 0.29) is 12.4 Å². The van der Waals surface area contributed by atoms with Gasteiger partial charge in [-0.25, -0.2) is 0 Å². The minimum atomic E-state index is -0.0917. The van der Waals surface area contributed by atoms with E-state index in [1.54, 1.807) is 42.5 Å². The molecule has 0 atom stereocenters. The average Bonchev–Trinajstić information content (AvgIpc) is 2.38. The molecule has 2 aromatic rings. The lowest BCUT2D eigenvalue weighted by molar-refractivity contribution is 0.0921. The average molecular weight is 295 g/mol. The van der Waals surface area contributed by atoms with Crippen molar-refractivity contribution in [1.29, 1.82) is 0 Å². The summed E-state index contributed by atoms with van der Waals surface area (Å²) in [4.78, 5) is 11.9. The molecular formula is C15H12Cl2O2. The monoisotopic (exact) mass is 294 g/mol. The number of ketones is 1. The van der Waals surface area contributed by atoms with Crippen LogP contribution >= 0.6 is 23.2 Å². The third-order valence-electron chi connectivity index (χ3n) is 2.66. The molecule has 0 bridgehead atoms. The number of hydrogen-bond donors (Lipinski definition) is 0. The second-order valence-corrected chi connectivity index (χ2v) is 5.00. The summed E-state index contributed by atoms with van der Waals surface area (Å²) in [5.74, 6) is 0.567. The Kier molecular flexibility index (Phi) is 4.46. The minimum absolute atomic E-state index is 0.00982. The van der Waals surface area contributed by atoms with Gasteiger partial charge in [0.2, 0.25) is 0 Å². The van der Waals surface area contributed by atoms with Gasteiger partial charge in [-0.2, -0.15) is 0 Å². The van der Waals surface area contributed by atoms with Gasteiger partial charge in [-0.1, -0.05) is 23.2 Å². The Balaban J connectivity index is 2.02. The standard InChI is InChI=1S/C15H12Cl2O2/c1-10-8-13(17)6-7-15(10)19-9-14(18)11-2-4-12(16)5-3-11/h2-8H,9H2,1H3. The first-order valence-corrected chi connectivity index (χ1v) is 6.49. The molecule has 0 spiro atoms. The zero-order valence-electron chi connectivity index (χ0n) is 10.3. The molecule has 2 aromatic carbocycles. The highest BCUT2D eigenvalue weighted by Crippen LogP contribution is 2.22. The summed E-state index contributed by atoms with van der Waals surface area (Å²) in [7, 11) is 0. The van der Waals surface area contributed by atoms with Gasteiger partial charge in [-0.05, 0) is 55.0 Å². The highest BCUT2D eigenvalue weighted by Gasteiger charge is 2.08. The lowest BCUT2D eigenvalue weighted by Gasteiger charge is -2.08. The highest BCUT2D eigenvalue weighted by atomic mass is 35.5. The third-order valence-corrected chi connectivity index (χ3v) is 3.15. The molecule has 2 nitrogen and oxygen atoms in total. The van der Waals surface area contributed by atoms with Crippen molar-refractivity contribution in [2.75, 3.05) is 6.61 Å². The van der Waals surface area contributed by atoms with Gasteiger partial charge in [0.1, 0.15) is 5.75 Å². The van der Waals surface area contributed by atoms with Gasteiger partial charge in [0, 0.05) is 15.6 Å². The topological polar surface area (TPSA) is 26.3 Å². The lowest BCUT2D eigenvalue weighted by atomic mass is 10.1. The Bertz CT molecular complexity index is 592. The normalized spacial score (nSPS) is 10.3. The first kappa shape index (κ1) is 13.9. The van der Waals surface area contributed by atoms with E-state index in [4.69, 9.17) is 27.9 Å². The van der Waals surface area contributed by atoms with E-state index in [0.29, 0.717) is 21.4 Å². The molecule has 0 unspecified atom stereocenters. The smallest absolute Gasteiger partial charge is 0.200 e. The van der Waals surface area contributed by atoms with Crippen LogP contribution in [-0.4, -0.2) is 12.4 Å². The molecular weight excluding hydrogens is 283 g/mol. The molecule has 0 heterocycles. The number of rotatable bonds is 4. The van der Waals surface area contributed by atoms with Crippen LogP contribution in [0.1, 0.15) is 15.9 Å². The van der Waals surface area contributed by atoms with Gasteiger partial charge in [0.25, 0.3) is 0 Å². The summed E-state index contributed by atoms with van der Waals surface area (Å²) < 4.78 is 5.50. The van der Waals surface area contributed by atoms with E-state index in [1.807, 2.05) is 6.92 Å². The molecule has 0 amide bonds. The summed E-state index contributed by atoms with van der Waals surface area (Å²) in [5.41, 5.74) is 1.48. The van der Waals surface area contributed by atoms with Crippen LogP contribution in [-0.2, 0) is 0 Å². The van der Waals surface area contributed by atoms with E-state index >= 15 is 0 Å². The van der Waals surface area contributed by atoms with Gasteiger partial charge >= 0.3 is 0 Å². The number of carbonyl (C=O) groups excluding carboxylic acids is 1. The number of hydrogen-bond acceptors (Lipinski definition) is 2. The maximum Gasteiger partial charge on any atom is 0.200 e. The van der Waals surface area contributed by atoms with Crippen LogP contribution in [0.4, 0.5) is 0 Å². The maximum absolute atomic E-state index is 11.9. The zero-order chi connectivity index (χ0) is 13.8. The third kappa shape index (κ3) is 3.72. The van der Waals surface area contributed by atoms with Crippen LogP contribution in [0.5, 0.6) is 5.75 Å². The number of aryl methyl sites for hydroxylation is 1. The van der Waals surface area contributed by atoms with Crippen molar-refractivity contribution >= 4 is 29.0 Å². The predicted octanol–water partition coefficient (Wildman–Crippen LogP) is 4.56. The van der Waals surface area contributed by atoms with Gasteiger partial charge in [-0.3, -0.25) is 4.79 Å². The lowest BCUT2D eigenvalue weighted by Crippen LogP contribution is -2.11. The summed E-state index contributed by atoms with van der Waals surface area (Å²) in [6.45, 7) is 1.87. The fourth-order valence-electron chi connectivity index (χ4n) is 1.64. The summed E-state index contributed by atoms with van der Waals surface area (Å²) >= 11 is 11.6. The van der Waals surface area contributed by atoms with Gasteiger partial charge in [-0.15, -0.1) is 0 Å². The molecule has 0 saturated carbocycles. The molecule has 0 aliphatic rings. The number of ether oxygens (including phenoxy) is 1. The van der Waals surface area contributed by atoms with Gasteiger partial charge in [0.15, 0.2) is 12.4 Å². The van der Waals surface area contributed by atoms with E-state index < -0.39 is 0 Å². The van der Waals surface area contributed by atoms with Crippen LogP contribution in [0.3, 0.4) is 0 Å². The summed E-state index contributed by atoms with van der Waals surface area (Å²) in [6.07, 6.45) is 0. The fourth-order valence-corrected chi connectivity index (χ4v) is 1.99. The Labute approximate surface area is 121 Å². The van der Waals surface area contributed by atoms with Crippen molar-refractivity contribution in [3.05, 3.63) is 63.6 Å². The molecule has 4 heteroatoms. The van der Waals surface area contributed by atoms with Gasteiger partial charge in [0.05, 0.1) is 0 Å². The van der Waals surface area contributed by atoms with Crippen LogP contribution in [0.25, 0.3) is 0 Å². The first-order valence-electron chi connectivity index (χ1n) is 5.74. The largest absolute Gasteiger partial charge is 0.485 e. The molecule has 0 aliphatic carbocycles. The van der Waals surface area contributed by atoms with Gasteiger partial charge < -0.3 is 4.74 Å². The molecule has 0 saturated heterocycles. The van der Waals surface area contributed by atoms with Crippen LogP contribution in [0.15, 0.2) is 42.5 Å². The second-order valence-electron chi connectivity index (χ2n) is 4.13. The zero-order valence-corrected chi connectivity index (χ0v) is 11.8. The predicted molar refractivity (Wildman–Crippen MR) is 77.5 cm³/mol. The summed E-state index contributed by atoms with van der Waals surface area (Å²) in [5, 5.41) is 1.25. The molecule has 0 N–H and O–H groups in total. The highest BCUT2D eigenvalue weighted by molar-refractivity contribution is 6.31. The molecule has 19 heavy (non-hydrogen) atoms. The minimum Gasteiger partial charge on any atom is -0.485 e. The fraction of sp³-hybridized carbons (Fsp3) is 0.133. The molecule has 0 aromatic heterocycles. The summed E-state index contributed by atoms with van der Waals surface area (Å²) in [6, 6.07) is 12.0. The van der Waals surface area contributed by atoms with Crippen LogP contribution < -0.4 is 4.74 Å². The Morgan fingerprint density at radius 1 is 1.05 bits per heavy atom.